The first-order valence-electron chi connectivity index (χ1n) is 8.20. The number of anilines is 1. The van der Waals surface area contributed by atoms with Crippen molar-refractivity contribution >= 4 is 22.6 Å². The van der Waals surface area contributed by atoms with Gasteiger partial charge in [-0.15, -0.1) is 6.58 Å². The predicted molar refractivity (Wildman–Crippen MR) is 102 cm³/mol. The van der Waals surface area contributed by atoms with E-state index >= 15 is 0 Å². The molecule has 5 nitrogen and oxygen atoms in total. The summed E-state index contributed by atoms with van der Waals surface area (Å²) >= 11 is 0. The van der Waals surface area contributed by atoms with Gasteiger partial charge in [-0.25, -0.2) is 0 Å². The Kier molecular flexibility index (Phi) is 4.95. The van der Waals surface area contributed by atoms with Crippen LogP contribution in [0.25, 0.3) is 10.9 Å². The number of nitrogens with zero attached hydrogens (tertiary/aromatic N) is 3. The zero-order valence-electron chi connectivity index (χ0n) is 14.6. The third kappa shape index (κ3) is 3.78. The molecule has 0 aliphatic heterocycles. The van der Waals surface area contributed by atoms with Crippen LogP contribution in [0.3, 0.4) is 0 Å². The number of aryl methyl sites for hydroxylation is 1. The summed E-state index contributed by atoms with van der Waals surface area (Å²) in [4.78, 5) is 14.7. The monoisotopic (exact) mass is 334 g/mol. The summed E-state index contributed by atoms with van der Waals surface area (Å²) < 4.78 is 1.77. The van der Waals surface area contributed by atoms with Gasteiger partial charge in [-0.1, -0.05) is 30.3 Å². The molecule has 3 rings (SSSR count). The van der Waals surface area contributed by atoms with Crippen molar-refractivity contribution < 1.29 is 4.79 Å². The van der Waals surface area contributed by atoms with Crippen LogP contribution >= 0.6 is 0 Å². The Morgan fingerprint density at radius 1 is 1.24 bits per heavy atom. The molecule has 0 atom stereocenters. The van der Waals surface area contributed by atoms with Crippen molar-refractivity contribution in [2.45, 2.75) is 6.54 Å². The van der Waals surface area contributed by atoms with Gasteiger partial charge in [-0.2, -0.15) is 5.10 Å². The Morgan fingerprint density at radius 2 is 1.96 bits per heavy atom. The lowest BCUT2D eigenvalue weighted by Crippen LogP contribution is -2.17. The van der Waals surface area contributed by atoms with Gasteiger partial charge in [0.15, 0.2) is 5.82 Å². The number of para-hydroxylation sites is 1. The molecule has 3 aromatic rings. The molecule has 0 aliphatic rings. The number of fused-ring (bicyclic) bond motifs is 1. The zero-order chi connectivity index (χ0) is 17.8. The fraction of sp³-hybridized carbons (Fsp3) is 0.200. The van der Waals surface area contributed by atoms with Crippen molar-refractivity contribution in [3.8, 4) is 0 Å². The molecule has 0 radical (unpaired) electrons. The Bertz CT molecular complexity index is 896. The quantitative estimate of drug-likeness (QED) is 0.703. The lowest BCUT2D eigenvalue weighted by atomic mass is 10.1. The van der Waals surface area contributed by atoms with E-state index in [0.717, 1.165) is 29.6 Å². The van der Waals surface area contributed by atoms with Gasteiger partial charge in [0, 0.05) is 31.1 Å². The van der Waals surface area contributed by atoms with Crippen LogP contribution < -0.4 is 5.32 Å². The Hall–Kier alpha value is -2.92. The Balaban J connectivity index is 1.73. The number of carbonyl (C=O) groups is 1. The molecule has 1 amide bonds. The van der Waals surface area contributed by atoms with Crippen LogP contribution in [0, 0.1) is 0 Å². The van der Waals surface area contributed by atoms with Crippen molar-refractivity contribution in [3.63, 3.8) is 0 Å². The van der Waals surface area contributed by atoms with E-state index in [9.17, 15) is 4.79 Å². The summed E-state index contributed by atoms with van der Waals surface area (Å²) in [6.45, 7) is 5.39. The van der Waals surface area contributed by atoms with Crippen LogP contribution in [-0.2, 0) is 13.6 Å². The molecule has 128 valence electrons. The van der Waals surface area contributed by atoms with Crippen molar-refractivity contribution in [1.82, 2.24) is 14.7 Å². The van der Waals surface area contributed by atoms with Gasteiger partial charge in [0.25, 0.3) is 5.91 Å². The van der Waals surface area contributed by atoms with Gasteiger partial charge in [-0.3, -0.25) is 14.4 Å². The number of amides is 1. The molecule has 0 unspecified atom stereocenters. The Morgan fingerprint density at radius 3 is 2.68 bits per heavy atom. The summed E-state index contributed by atoms with van der Waals surface area (Å²) in [6, 6.07) is 15.5. The molecular weight excluding hydrogens is 312 g/mol. The fourth-order valence-corrected chi connectivity index (χ4v) is 2.84. The topological polar surface area (TPSA) is 50.2 Å². The molecule has 1 N–H and O–H groups in total. The maximum Gasteiger partial charge on any atom is 0.256 e. The lowest BCUT2D eigenvalue weighted by Gasteiger charge is -2.14. The molecule has 1 aromatic heterocycles. The zero-order valence-corrected chi connectivity index (χ0v) is 14.6. The van der Waals surface area contributed by atoms with Crippen LogP contribution in [0.4, 0.5) is 5.82 Å². The van der Waals surface area contributed by atoms with Crippen molar-refractivity contribution in [1.29, 1.82) is 0 Å². The van der Waals surface area contributed by atoms with Gasteiger partial charge >= 0.3 is 0 Å². The number of hydrogen-bond acceptors (Lipinski definition) is 3. The predicted octanol–water partition coefficient (Wildman–Crippen LogP) is 3.44. The third-order valence-electron chi connectivity index (χ3n) is 4.10. The van der Waals surface area contributed by atoms with Gasteiger partial charge in [-0.05, 0) is 36.9 Å². The minimum atomic E-state index is -0.158. The van der Waals surface area contributed by atoms with E-state index in [1.807, 2.05) is 68.7 Å². The van der Waals surface area contributed by atoms with Crippen LogP contribution in [0.2, 0.25) is 0 Å². The van der Waals surface area contributed by atoms with Crippen LogP contribution in [-0.4, -0.2) is 34.2 Å². The van der Waals surface area contributed by atoms with Gasteiger partial charge < -0.3 is 5.32 Å². The standard InChI is InChI=1S/C20H22N4O/c1-4-13-23(2)14-15-9-11-16(12-10-15)20(25)21-19-17-7-5-6-8-18(17)24(3)22-19/h4-12H,1,13-14H2,2-3H3,(H,21,22,25). The first kappa shape index (κ1) is 16.9. The summed E-state index contributed by atoms with van der Waals surface area (Å²) in [5, 5.41) is 8.24. The smallest absolute Gasteiger partial charge is 0.256 e. The number of likely N-dealkylation sites (N-methyl/N-ethyl adjacent to an activating group) is 1. The number of benzene rings is 2. The summed E-state index contributed by atoms with van der Waals surface area (Å²) in [5.74, 6) is 0.424. The number of hydrogen-bond donors (Lipinski definition) is 1. The van der Waals surface area contributed by atoms with E-state index in [-0.39, 0.29) is 5.91 Å². The van der Waals surface area contributed by atoms with E-state index in [1.165, 1.54) is 0 Å². The lowest BCUT2D eigenvalue weighted by molar-refractivity contribution is 0.102. The molecule has 2 aromatic carbocycles. The first-order chi connectivity index (χ1) is 12.1. The van der Waals surface area contributed by atoms with E-state index in [2.05, 4.69) is 21.9 Å². The summed E-state index contributed by atoms with van der Waals surface area (Å²) in [6.07, 6.45) is 1.87. The molecule has 0 bridgehead atoms. The maximum absolute atomic E-state index is 12.5. The Labute approximate surface area is 147 Å². The molecule has 25 heavy (non-hydrogen) atoms. The number of rotatable bonds is 6. The SMILES string of the molecule is C=CCN(C)Cc1ccc(C(=O)Nc2nn(C)c3ccccc23)cc1. The van der Waals surface area contributed by atoms with E-state index in [0.29, 0.717) is 11.4 Å². The van der Waals surface area contributed by atoms with Crippen molar-refractivity contribution in [2.75, 3.05) is 18.9 Å². The number of carbonyl (C=O) groups excluding carboxylic acids is 1. The highest BCUT2D eigenvalue weighted by Gasteiger charge is 2.12. The second-order valence-electron chi connectivity index (χ2n) is 6.13. The van der Waals surface area contributed by atoms with E-state index in [4.69, 9.17) is 0 Å². The third-order valence-corrected chi connectivity index (χ3v) is 4.10. The number of nitrogens with one attached hydrogen (secondary N) is 1. The molecular formula is C20H22N4O. The van der Waals surface area contributed by atoms with Crippen molar-refractivity contribution in [3.05, 3.63) is 72.3 Å². The summed E-state index contributed by atoms with van der Waals surface area (Å²) in [7, 11) is 3.90. The minimum Gasteiger partial charge on any atom is -0.305 e. The van der Waals surface area contributed by atoms with Crippen LogP contribution in [0.5, 0.6) is 0 Å². The van der Waals surface area contributed by atoms with E-state index < -0.39 is 0 Å². The second kappa shape index (κ2) is 7.32. The highest BCUT2D eigenvalue weighted by atomic mass is 16.1. The highest BCUT2D eigenvalue weighted by Crippen LogP contribution is 2.22. The average Bonchev–Trinajstić information content (AvgIpc) is 2.92. The molecule has 5 heteroatoms. The molecule has 0 saturated heterocycles. The van der Waals surface area contributed by atoms with E-state index in [1.54, 1.807) is 4.68 Å². The second-order valence-corrected chi connectivity index (χ2v) is 6.13. The molecule has 0 spiro atoms. The minimum absolute atomic E-state index is 0.158. The van der Waals surface area contributed by atoms with Crippen LogP contribution in [0.15, 0.2) is 61.2 Å². The first-order valence-corrected chi connectivity index (χ1v) is 8.20. The molecule has 0 aliphatic carbocycles. The summed E-state index contributed by atoms with van der Waals surface area (Å²) in [5.41, 5.74) is 2.76. The van der Waals surface area contributed by atoms with Crippen LogP contribution in [0.1, 0.15) is 15.9 Å². The average molecular weight is 334 g/mol. The molecule has 0 fully saturated rings. The van der Waals surface area contributed by atoms with Gasteiger partial charge in [0.2, 0.25) is 0 Å². The van der Waals surface area contributed by atoms with Gasteiger partial charge in [0.1, 0.15) is 0 Å². The number of aromatic nitrogens is 2. The largest absolute Gasteiger partial charge is 0.305 e. The maximum atomic E-state index is 12.5. The molecule has 0 saturated carbocycles. The van der Waals surface area contributed by atoms with Gasteiger partial charge in [0.05, 0.1) is 5.52 Å². The van der Waals surface area contributed by atoms with Crippen molar-refractivity contribution in [2.24, 2.45) is 7.05 Å². The normalized spacial score (nSPS) is 11.0. The fourth-order valence-electron chi connectivity index (χ4n) is 2.84. The molecule has 1 heterocycles. The highest BCUT2D eigenvalue weighted by molar-refractivity contribution is 6.07.